The van der Waals surface area contributed by atoms with E-state index in [1.54, 1.807) is 36.7 Å². The number of piperidine rings is 1. The van der Waals surface area contributed by atoms with Crippen LogP contribution < -0.4 is 16.0 Å². The average molecular weight is 658 g/mol. The Balaban J connectivity index is 1.20. The minimum Gasteiger partial charge on any atom is -0.494 e. The van der Waals surface area contributed by atoms with Gasteiger partial charge < -0.3 is 29.5 Å². The number of rotatable bonds is 8. The number of nitrogens with zero attached hydrogens (tertiary/aromatic N) is 7. The molecule has 49 heavy (non-hydrogen) atoms. The molecule has 2 saturated carbocycles. The van der Waals surface area contributed by atoms with Crippen molar-refractivity contribution in [2.75, 3.05) is 13.7 Å². The number of aromatic nitrogens is 7. The van der Waals surface area contributed by atoms with E-state index in [4.69, 9.17) is 28.3 Å². The number of ether oxygens (including phenoxy) is 1. The topological polar surface area (TPSA) is 142 Å². The second kappa shape index (κ2) is 10.9. The number of fused-ring (bicyclic) bond motifs is 4. The van der Waals surface area contributed by atoms with E-state index in [0.29, 0.717) is 47.2 Å². The summed E-state index contributed by atoms with van der Waals surface area (Å²) in [6, 6.07) is 10.5. The fraction of sp³-hybridized carbons (Fsp3) is 0.343. The molecule has 14 heteroatoms. The van der Waals surface area contributed by atoms with Gasteiger partial charge in [-0.05, 0) is 67.9 Å². The van der Waals surface area contributed by atoms with Crippen molar-refractivity contribution in [1.29, 1.82) is 0 Å². The Kier molecular flexibility index (Phi) is 6.64. The number of hydrogen-bond donors (Lipinski definition) is 2. The van der Waals surface area contributed by atoms with Crippen LogP contribution in [0.4, 0.5) is 4.39 Å². The molecule has 2 bridgehead atoms. The molecule has 2 radical (unpaired) electrons. The van der Waals surface area contributed by atoms with Crippen LogP contribution in [0.1, 0.15) is 41.6 Å². The predicted molar refractivity (Wildman–Crippen MR) is 181 cm³/mol. The third kappa shape index (κ3) is 4.79. The molecule has 3 atom stereocenters. The molecule has 9 rings (SSSR count). The zero-order chi connectivity index (χ0) is 33.6. The maximum atomic E-state index is 14.0. The molecule has 6 heterocycles. The lowest BCUT2D eigenvalue weighted by Crippen LogP contribution is -2.52. The van der Waals surface area contributed by atoms with Crippen molar-refractivity contribution in [3.63, 3.8) is 0 Å². The highest BCUT2D eigenvalue weighted by molar-refractivity contribution is 6.17. The largest absolute Gasteiger partial charge is 0.494 e. The molecule has 5 aromatic heterocycles. The summed E-state index contributed by atoms with van der Waals surface area (Å²) in [6.07, 6.45) is 10.1. The smallest absolute Gasteiger partial charge is 0.274 e. The number of amides is 1. The van der Waals surface area contributed by atoms with E-state index in [1.165, 1.54) is 4.68 Å². The van der Waals surface area contributed by atoms with Gasteiger partial charge in [-0.3, -0.25) is 9.59 Å². The van der Waals surface area contributed by atoms with Crippen molar-refractivity contribution < 1.29 is 13.9 Å². The number of carbonyl (C=O) groups is 1. The van der Waals surface area contributed by atoms with E-state index >= 15 is 0 Å². The van der Waals surface area contributed by atoms with Crippen LogP contribution in [0.15, 0.2) is 66.0 Å². The zero-order valence-corrected chi connectivity index (χ0v) is 26.8. The first kappa shape index (κ1) is 29.9. The van der Waals surface area contributed by atoms with Gasteiger partial charge in [-0.2, -0.15) is 5.10 Å². The lowest BCUT2D eigenvalue weighted by Gasteiger charge is -2.30. The summed E-state index contributed by atoms with van der Waals surface area (Å²) in [5.74, 6) is 1.03. The molecule has 1 aliphatic heterocycles. The molecule has 0 spiro atoms. The molecule has 12 nitrogen and oxygen atoms in total. The number of imidazole rings is 1. The average Bonchev–Trinajstić information content (AvgIpc) is 3.34. The Bertz CT molecular complexity index is 2350. The minimum atomic E-state index is -0.900. The van der Waals surface area contributed by atoms with E-state index in [9.17, 15) is 14.0 Å². The van der Waals surface area contributed by atoms with Gasteiger partial charge in [0.05, 0.1) is 38.9 Å². The van der Waals surface area contributed by atoms with Crippen molar-refractivity contribution in [2.45, 2.75) is 50.3 Å². The van der Waals surface area contributed by atoms with Crippen LogP contribution in [0.2, 0.25) is 0 Å². The summed E-state index contributed by atoms with van der Waals surface area (Å²) in [6.45, 7) is 1.61. The monoisotopic (exact) mass is 657 g/mol. The standard InChI is InChI=1S/C35H33BFN9O3/c1-49-28-11-22(34(48)44-18-23-6-7-29(44)35(23,36)38)9-25-30(28)45(16-20-13-41-46(17-20)27-12-24(37)14-40-33(27)47)32(42-25)26-10-21-3-2-8-39-31(21)43(26)15-19-4-5-19/h2-3,8-14,17,19,23,29H,4-7,15-16,18,38H2,1H3,(H,40,47). The van der Waals surface area contributed by atoms with Gasteiger partial charge in [0.25, 0.3) is 11.5 Å². The van der Waals surface area contributed by atoms with Crippen LogP contribution in [0.25, 0.3) is 39.3 Å². The molecule has 3 unspecified atom stereocenters. The number of nitrogens with two attached hydrogens (primary N) is 1. The number of halogens is 1. The summed E-state index contributed by atoms with van der Waals surface area (Å²) in [5, 5.41) is 5.38. The fourth-order valence-corrected chi connectivity index (χ4v) is 7.81. The Morgan fingerprint density at radius 3 is 2.80 bits per heavy atom. The molecule has 1 aromatic carbocycles. The van der Waals surface area contributed by atoms with Crippen LogP contribution in [0.5, 0.6) is 5.75 Å². The Hall–Kier alpha value is -5.24. The SMILES string of the molecule is [B]C1(N)C2CCC1N(C(=O)c1cc(OC)c3c(c1)nc(-c1cc4cccnc4n1CC1CC1)n3Cc1cnn(-c3cc(F)c[nH]c3=O)c1)C2. The summed E-state index contributed by atoms with van der Waals surface area (Å²) in [7, 11) is 8.05. The Morgan fingerprint density at radius 1 is 1.18 bits per heavy atom. The molecule has 246 valence electrons. The van der Waals surface area contributed by atoms with Crippen LogP contribution in [-0.4, -0.2) is 77.7 Å². The molecule has 1 saturated heterocycles. The first-order valence-electron chi connectivity index (χ1n) is 16.5. The first-order chi connectivity index (χ1) is 23.7. The quantitative estimate of drug-likeness (QED) is 0.238. The number of likely N-dealkylation sites (tertiary alicyclic amines) is 1. The number of pyridine rings is 2. The Labute approximate surface area is 281 Å². The summed E-state index contributed by atoms with van der Waals surface area (Å²) >= 11 is 0. The first-order valence-corrected chi connectivity index (χ1v) is 16.5. The number of carbonyl (C=O) groups excluding carboxylic acids is 1. The lowest BCUT2D eigenvalue weighted by molar-refractivity contribution is 0.0697. The van der Waals surface area contributed by atoms with Gasteiger partial charge in [-0.25, -0.2) is 19.0 Å². The normalized spacial score (nSPS) is 21.7. The molecule has 3 N–H and O–H groups in total. The van der Waals surface area contributed by atoms with Gasteiger partial charge in [-0.15, -0.1) is 0 Å². The molecule has 3 aliphatic rings. The molecule has 3 fully saturated rings. The molecular formula is C35H33BFN9O3. The molecular weight excluding hydrogens is 624 g/mol. The van der Waals surface area contributed by atoms with Gasteiger partial charge in [0.15, 0.2) is 5.82 Å². The Morgan fingerprint density at radius 2 is 2.04 bits per heavy atom. The third-order valence-electron chi connectivity index (χ3n) is 10.5. The van der Waals surface area contributed by atoms with E-state index in [0.717, 1.165) is 66.8 Å². The van der Waals surface area contributed by atoms with E-state index in [2.05, 4.69) is 20.7 Å². The van der Waals surface area contributed by atoms with Crippen LogP contribution >= 0.6 is 0 Å². The van der Waals surface area contributed by atoms with E-state index in [-0.39, 0.29) is 23.6 Å². The van der Waals surface area contributed by atoms with Crippen molar-refractivity contribution >= 4 is 35.8 Å². The van der Waals surface area contributed by atoms with Crippen molar-refractivity contribution in [1.82, 2.24) is 38.8 Å². The van der Waals surface area contributed by atoms with E-state index in [1.807, 2.05) is 22.8 Å². The van der Waals surface area contributed by atoms with Crippen molar-refractivity contribution in [3.05, 3.63) is 88.5 Å². The highest BCUT2D eigenvalue weighted by Crippen LogP contribution is 2.44. The highest BCUT2D eigenvalue weighted by Gasteiger charge is 2.54. The van der Waals surface area contributed by atoms with E-state index < -0.39 is 16.8 Å². The fourth-order valence-electron chi connectivity index (χ4n) is 7.81. The van der Waals surface area contributed by atoms with Gasteiger partial charge in [-0.1, -0.05) is 0 Å². The molecule has 1 amide bonds. The number of H-pyrrole nitrogens is 1. The second-order valence-corrected chi connectivity index (χ2v) is 13.6. The number of hydrogen-bond acceptors (Lipinski definition) is 7. The summed E-state index contributed by atoms with van der Waals surface area (Å²) in [5.41, 5.74) is 9.39. The second-order valence-electron chi connectivity index (χ2n) is 13.6. The minimum absolute atomic E-state index is 0.0590. The number of benzene rings is 1. The number of aromatic amines is 1. The van der Waals surface area contributed by atoms with Crippen LogP contribution in [0, 0.1) is 17.7 Å². The van der Waals surface area contributed by atoms with Gasteiger partial charge >= 0.3 is 0 Å². The van der Waals surface area contributed by atoms with Crippen LogP contribution in [-0.2, 0) is 13.1 Å². The lowest BCUT2D eigenvalue weighted by atomic mass is 9.71. The highest BCUT2D eigenvalue weighted by atomic mass is 19.1. The zero-order valence-electron chi connectivity index (χ0n) is 26.8. The predicted octanol–water partition coefficient (Wildman–Crippen LogP) is 3.59. The maximum Gasteiger partial charge on any atom is 0.274 e. The number of nitrogens with one attached hydrogen (secondary N) is 1. The number of methoxy groups -OCH3 is 1. The molecule has 6 aromatic rings. The van der Waals surface area contributed by atoms with Gasteiger partial charge in [0.2, 0.25) is 0 Å². The van der Waals surface area contributed by atoms with Crippen molar-refractivity contribution in [3.8, 4) is 23.0 Å². The van der Waals surface area contributed by atoms with Crippen molar-refractivity contribution in [2.24, 2.45) is 17.6 Å². The van der Waals surface area contributed by atoms with Gasteiger partial charge in [0.1, 0.15) is 28.4 Å². The van der Waals surface area contributed by atoms with Gasteiger partial charge in [0, 0.05) is 65.7 Å². The summed E-state index contributed by atoms with van der Waals surface area (Å²) < 4.78 is 25.6. The molecule has 2 aliphatic carbocycles. The maximum absolute atomic E-state index is 14.0. The summed E-state index contributed by atoms with van der Waals surface area (Å²) in [4.78, 5) is 40.6. The third-order valence-corrected chi connectivity index (χ3v) is 10.5. The van der Waals surface area contributed by atoms with Crippen LogP contribution in [0.3, 0.4) is 0 Å².